The smallest absolute Gasteiger partial charge is 0.261 e. The molecule has 7 heteroatoms. The monoisotopic (exact) mass is 476 g/mol. The molecule has 0 aliphatic heterocycles. The number of ether oxygens (including phenoxy) is 1. The SMILES string of the molecule is CCC(C(=O)NC1CCCC1)N(Cc1ccc(Cl)c(Cl)c1)C(=O)COc1ccc(C)cc1. The predicted molar refractivity (Wildman–Crippen MR) is 128 cm³/mol. The summed E-state index contributed by atoms with van der Waals surface area (Å²) in [6.45, 7) is 3.98. The molecule has 1 aliphatic rings. The Morgan fingerprint density at radius 3 is 2.41 bits per heavy atom. The van der Waals surface area contributed by atoms with Crippen molar-refractivity contribution in [2.45, 2.75) is 64.6 Å². The quantitative estimate of drug-likeness (QED) is 0.516. The van der Waals surface area contributed by atoms with Gasteiger partial charge in [0.25, 0.3) is 5.91 Å². The number of nitrogens with zero attached hydrogens (tertiary/aromatic N) is 1. The van der Waals surface area contributed by atoms with E-state index >= 15 is 0 Å². The standard InChI is InChI=1S/C25H30Cl2N2O3/c1-3-23(25(31)28-19-6-4-5-7-19)29(15-18-10-13-21(26)22(27)14-18)24(30)16-32-20-11-8-17(2)9-12-20/h8-14,19,23H,3-7,15-16H2,1-2H3,(H,28,31). The van der Waals surface area contributed by atoms with Crippen molar-refractivity contribution < 1.29 is 14.3 Å². The lowest BCUT2D eigenvalue weighted by molar-refractivity contribution is -0.143. The molecule has 0 heterocycles. The Morgan fingerprint density at radius 2 is 1.78 bits per heavy atom. The molecule has 3 rings (SSSR count). The number of hydrogen-bond acceptors (Lipinski definition) is 3. The number of amides is 2. The van der Waals surface area contributed by atoms with Crippen LogP contribution in [0.3, 0.4) is 0 Å². The molecule has 0 saturated heterocycles. The third-order valence-corrected chi connectivity index (χ3v) is 6.55. The molecular weight excluding hydrogens is 447 g/mol. The van der Waals surface area contributed by atoms with Crippen LogP contribution in [0.2, 0.25) is 10.0 Å². The van der Waals surface area contributed by atoms with Crippen molar-refractivity contribution in [3.8, 4) is 5.75 Å². The molecule has 1 saturated carbocycles. The number of rotatable bonds is 9. The molecule has 0 bridgehead atoms. The van der Waals surface area contributed by atoms with Crippen LogP contribution in [0.4, 0.5) is 0 Å². The lowest BCUT2D eigenvalue weighted by atomic mass is 10.1. The van der Waals surface area contributed by atoms with Crippen LogP contribution in [0.25, 0.3) is 0 Å². The second kappa shape index (κ2) is 11.6. The van der Waals surface area contributed by atoms with E-state index < -0.39 is 6.04 Å². The average molecular weight is 477 g/mol. The Morgan fingerprint density at radius 1 is 1.09 bits per heavy atom. The number of nitrogens with one attached hydrogen (secondary N) is 1. The Kier molecular flexibility index (Phi) is 8.83. The number of hydrogen-bond donors (Lipinski definition) is 1. The van der Waals surface area contributed by atoms with Gasteiger partial charge in [-0.3, -0.25) is 9.59 Å². The minimum absolute atomic E-state index is 0.122. The first-order valence-corrected chi connectivity index (χ1v) is 11.9. The highest BCUT2D eigenvalue weighted by molar-refractivity contribution is 6.42. The normalized spacial score (nSPS) is 14.8. The van der Waals surface area contributed by atoms with Crippen molar-refractivity contribution in [1.29, 1.82) is 0 Å². The Balaban J connectivity index is 1.77. The summed E-state index contributed by atoms with van der Waals surface area (Å²) in [5, 5.41) is 3.99. The van der Waals surface area contributed by atoms with Crippen LogP contribution in [0, 0.1) is 6.92 Å². The van der Waals surface area contributed by atoms with Crippen LogP contribution in [0.1, 0.15) is 50.2 Å². The van der Waals surface area contributed by atoms with Crippen LogP contribution < -0.4 is 10.1 Å². The van der Waals surface area contributed by atoms with Crippen molar-refractivity contribution in [3.05, 3.63) is 63.6 Å². The van der Waals surface area contributed by atoms with Gasteiger partial charge in [-0.15, -0.1) is 0 Å². The van der Waals surface area contributed by atoms with Crippen LogP contribution in [-0.4, -0.2) is 35.4 Å². The van der Waals surface area contributed by atoms with E-state index in [1.165, 1.54) is 0 Å². The van der Waals surface area contributed by atoms with Gasteiger partial charge < -0.3 is 15.0 Å². The zero-order chi connectivity index (χ0) is 23.1. The molecule has 2 aromatic carbocycles. The third-order valence-electron chi connectivity index (χ3n) is 5.81. The summed E-state index contributed by atoms with van der Waals surface area (Å²) >= 11 is 12.2. The highest BCUT2D eigenvalue weighted by Gasteiger charge is 2.31. The van der Waals surface area contributed by atoms with E-state index in [4.69, 9.17) is 27.9 Å². The number of carbonyl (C=O) groups excluding carboxylic acids is 2. The van der Waals surface area contributed by atoms with Crippen molar-refractivity contribution in [2.75, 3.05) is 6.61 Å². The van der Waals surface area contributed by atoms with E-state index in [0.29, 0.717) is 22.2 Å². The number of aryl methyl sites for hydroxylation is 1. The van der Waals surface area contributed by atoms with Gasteiger partial charge in [-0.25, -0.2) is 0 Å². The summed E-state index contributed by atoms with van der Waals surface area (Å²) in [7, 11) is 0. The van der Waals surface area contributed by atoms with Crippen LogP contribution in [-0.2, 0) is 16.1 Å². The molecule has 1 aliphatic carbocycles. The van der Waals surface area contributed by atoms with Gasteiger partial charge >= 0.3 is 0 Å². The lowest BCUT2D eigenvalue weighted by Gasteiger charge is -2.31. The van der Waals surface area contributed by atoms with Crippen molar-refractivity contribution in [2.24, 2.45) is 0 Å². The number of carbonyl (C=O) groups is 2. The molecule has 0 aromatic heterocycles. The maximum atomic E-state index is 13.2. The zero-order valence-electron chi connectivity index (χ0n) is 18.6. The second-order valence-electron chi connectivity index (χ2n) is 8.29. The van der Waals surface area contributed by atoms with Gasteiger partial charge in [0.1, 0.15) is 11.8 Å². The van der Waals surface area contributed by atoms with Crippen LogP contribution in [0.15, 0.2) is 42.5 Å². The number of benzene rings is 2. The molecule has 0 radical (unpaired) electrons. The first-order valence-electron chi connectivity index (χ1n) is 11.1. The molecule has 1 atom stereocenters. The van der Waals surface area contributed by atoms with E-state index in [2.05, 4.69) is 5.32 Å². The Labute approximate surface area is 200 Å². The molecule has 1 N–H and O–H groups in total. The topological polar surface area (TPSA) is 58.6 Å². The van der Waals surface area contributed by atoms with E-state index in [-0.39, 0.29) is 31.0 Å². The Hall–Kier alpha value is -2.24. The maximum Gasteiger partial charge on any atom is 0.261 e. The fourth-order valence-electron chi connectivity index (χ4n) is 3.98. The van der Waals surface area contributed by atoms with Gasteiger partial charge in [0.05, 0.1) is 10.0 Å². The van der Waals surface area contributed by atoms with Gasteiger partial charge in [-0.05, 0) is 56.0 Å². The molecule has 2 amide bonds. The Bertz CT molecular complexity index is 927. The summed E-state index contributed by atoms with van der Waals surface area (Å²) in [5.41, 5.74) is 1.91. The van der Waals surface area contributed by atoms with Gasteiger partial charge in [0.2, 0.25) is 5.91 Å². The summed E-state index contributed by atoms with van der Waals surface area (Å²) in [4.78, 5) is 27.9. The summed E-state index contributed by atoms with van der Waals surface area (Å²) in [5.74, 6) is 0.232. The third kappa shape index (κ3) is 6.63. The van der Waals surface area contributed by atoms with Gasteiger partial charge in [0.15, 0.2) is 6.61 Å². The lowest BCUT2D eigenvalue weighted by Crippen LogP contribution is -2.52. The predicted octanol–water partition coefficient (Wildman–Crippen LogP) is 5.55. The van der Waals surface area contributed by atoms with E-state index in [9.17, 15) is 9.59 Å². The first-order chi connectivity index (χ1) is 15.4. The molecule has 1 unspecified atom stereocenters. The summed E-state index contributed by atoms with van der Waals surface area (Å²) in [6, 6.07) is 12.3. The van der Waals surface area contributed by atoms with Gasteiger partial charge in [-0.2, -0.15) is 0 Å². The summed E-state index contributed by atoms with van der Waals surface area (Å²) in [6.07, 6.45) is 4.71. The highest BCUT2D eigenvalue weighted by atomic mass is 35.5. The second-order valence-corrected chi connectivity index (χ2v) is 9.10. The molecule has 172 valence electrons. The molecule has 1 fully saturated rings. The van der Waals surface area contributed by atoms with Crippen molar-refractivity contribution in [1.82, 2.24) is 10.2 Å². The zero-order valence-corrected chi connectivity index (χ0v) is 20.1. The van der Waals surface area contributed by atoms with Gasteiger partial charge in [-0.1, -0.05) is 66.7 Å². The van der Waals surface area contributed by atoms with E-state index in [1.807, 2.05) is 44.2 Å². The fraction of sp³-hybridized carbons (Fsp3) is 0.440. The maximum absolute atomic E-state index is 13.2. The molecule has 2 aromatic rings. The minimum Gasteiger partial charge on any atom is -0.484 e. The molecule has 0 spiro atoms. The van der Waals surface area contributed by atoms with Crippen LogP contribution in [0.5, 0.6) is 5.75 Å². The highest BCUT2D eigenvalue weighted by Crippen LogP contribution is 2.25. The molecule has 5 nitrogen and oxygen atoms in total. The van der Waals surface area contributed by atoms with Gasteiger partial charge in [0, 0.05) is 12.6 Å². The largest absolute Gasteiger partial charge is 0.484 e. The summed E-state index contributed by atoms with van der Waals surface area (Å²) < 4.78 is 5.72. The molecular formula is C25H30Cl2N2O3. The van der Waals surface area contributed by atoms with E-state index in [1.54, 1.807) is 17.0 Å². The first kappa shape index (κ1) is 24.4. The van der Waals surface area contributed by atoms with E-state index in [0.717, 1.165) is 36.8 Å². The average Bonchev–Trinajstić information content (AvgIpc) is 3.28. The van der Waals surface area contributed by atoms with Crippen molar-refractivity contribution in [3.63, 3.8) is 0 Å². The fourth-order valence-corrected chi connectivity index (χ4v) is 4.30. The molecule has 32 heavy (non-hydrogen) atoms. The van der Waals surface area contributed by atoms with Crippen molar-refractivity contribution >= 4 is 35.0 Å². The van der Waals surface area contributed by atoms with Crippen LogP contribution >= 0.6 is 23.2 Å². The minimum atomic E-state index is -0.598. The number of halogens is 2.